The summed E-state index contributed by atoms with van der Waals surface area (Å²) in [6, 6.07) is 7.40. The number of hydrogen-bond acceptors (Lipinski definition) is 4. The molecule has 0 N–H and O–H groups in total. The molecule has 0 amide bonds. The van der Waals surface area contributed by atoms with Gasteiger partial charge in [-0.2, -0.15) is 0 Å². The molecule has 1 heterocycles. The van der Waals surface area contributed by atoms with Crippen LogP contribution < -0.4 is 0 Å². The van der Waals surface area contributed by atoms with Crippen LogP contribution in [0.25, 0.3) is 5.69 Å². The Balaban J connectivity index is 2.43. The van der Waals surface area contributed by atoms with Crippen molar-refractivity contribution in [2.24, 2.45) is 0 Å². The van der Waals surface area contributed by atoms with Crippen molar-refractivity contribution in [3.8, 4) is 5.69 Å². The van der Waals surface area contributed by atoms with E-state index in [1.807, 2.05) is 48.0 Å². The molecule has 0 saturated heterocycles. The smallest absolute Gasteiger partial charge is 0.340 e. The standard InChI is InChI=1S/C15H19N3O2/c1-4-20-15(19)12-7-5-6-8-13(12)18-10-9-16-14(18)11-17(2)3/h5-10H,4,11H2,1-3H3. The highest BCUT2D eigenvalue weighted by atomic mass is 16.5. The predicted octanol–water partition coefficient (Wildman–Crippen LogP) is 2.11. The summed E-state index contributed by atoms with van der Waals surface area (Å²) in [4.78, 5) is 18.4. The number of nitrogens with zero attached hydrogens (tertiary/aromatic N) is 3. The molecule has 5 nitrogen and oxygen atoms in total. The zero-order valence-corrected chi connectivity index (χ0v) is 12.0. The summed E-state index contributed by atoms with van der Waals surface area (Å²) in [5, 5.41) is 0. The lowest BCUT2D eigenvalue weighted by Gasteiger charge is -2.14. The van der Waals surface area contributed by atoms with Gasteiger partial charge in [0, 0.05) is 12.4 Å². The number of benzene rings is 1. The summed E-state index contributed by atoms with van der Waals surface area (Å²) in [6.07, 6.45) is 3.59. The highest BCUT2D eigenvalue weighted by molar-refractivity contribution is 5.93. The Labute approximate surface area is 118 Å². The SMILES string of the molecule is CCOC(=O)c1ccccc1-n1ccnc1CN(C)C. The minimum Gasteiger partial charge on any atom is -0.462 e. The van der Waals surface area contributed by atoms with Gasteiger partial charge in [0.1, 0.15) is 5.82 Å². The van der Waals surface area contributed by atoms with Crippen LogP contribution in [0.1, 0.15) is 23.1 Å². The maximum absolute atomic E-state index is 12.0. The molecule has 0 fully saturated rings. The van der Waals surface area contributed by atoms with Crippen LogP contribution in [0.3, 0.4) is 0 Å². The molecule has 2 aromatic rings. The summed E-state index contributed by atoms with van der Waals surface area (Å²) < 4.78 is 7.03. The fraction of sp³-hybridized carbons (Fsp3) is 0.333. The molecular weight excluding hydrogens is 254 g/mol. The summed E-state index contributed by atoms with van der Waals surface area (Å²) >= 11 is 0. The molecule has 5 heteroatoms. The van der Waals surface area contributed by atoms with Gasteiger partial charge in [-0.3, -0.25) is 0 Å². The van der Waals surface area contributed by atoms with Crippen molar-refractivity contribution < 1.29 is 9.53 Å². The first-order valence-corrected chi connectivity index (χ1v) is 6.57. The monoisotopic (exact) mass is 273 g/mol. The molecule has 0 aliphatic carbocycles. The lowest BCUT2D eigenvalue weighted by Crippen LogP contribution is -2.16. The van der Waals surface area contributed by atoms with Crippen LogP contribution in [0.2, 0.25) is 0 Å². The van der Waals surface area contributed by atoms with Crippen molar-refractivity contribution >= 4 is 5.97 Å². The maximum atomic E-state index is 12.0. The van der Waals surface area contributed by atoms with E-state index in [2.05, 4.69) is 4.98 Å². The molecule has 0 atom stereocenters. The maximum Gasteiger partial charge on any atom is 0.340 e. The van der Waals surface area contributed by atoms with Gasteiger partial charge in [-0.25, -0.2) is 9.78 Å². The summed E-state index contributed by atoms with van der Waals surface area (Å²) in [5.74, 6) is 0.569. The molecule has 0 saturated carbocycles. The van der Waals surface area contributed by atoms with Crippen LogP contribution in [0.4, 0.5) is 0 Å². The second-order valence-corrected chi connectivity index (χ2v) is 4.69. The molecular formula is C15H19N3O2. The fourth-order valence-electron chi connectivity index (χ4n) is 2.02. The molecule has 106 valence electrons. The van der Waals surface area contributed by atoms with Gasteiger partial charge in [-0.05, 0) is 33.2 Å². The van der Waals surface area contributed by atoms with Gasteiger partial charge in [-0.1, -0.05) is 12.1 Å². The van der Waals surface area contributed by atoms with E-state index >= 15 is 0 Å². The second kappa shape index (κ2) is 6.34. The van der Waals surface area contributed by atoms with E-state index < -0.39 is 0 Å². The summed E-state index contributed by atoms with van der Waals surface area (Å²) in [6.45, 7) is 2.86. The number of esters is 1. The molecule has 1 aromatic heterocycles. The molecule has 0 radical (unpaired) electrons. The number of hydrogen-bond donors (Lipinski definition) is 0. The van der Waals surface area contributed by atoms with Gasteiger partial charge >= 0.3 is 5.97 Å². The number of carbonyl (C=O) groups is 1. The molecule has 1 aromatic carbocycles. The minimum atomic E-state index is -0.312. The average Bonchev–Trinajstić information content (AvgIpc) is 2.86. The quantitative estimate of drug-likeness (QED) is 0.783. The van der Waals surface area contributed by atoms with E-state index in [0.717, 1.165) is 11.5 Å². The van der Waals surface area contributed by atoms with Crippen LogP contribution in [0.5, 0.6) is 0 Å². The largest absolute Gasteiger partial charge is 0.462 e. The molecule has 20 heavy (non-hydrogen) atoms. The summed E-state index contributed by atoms with van der Waals surface area (Å²) in [7, 11) is 3.96. The average molecular weight is 273 g/mol. The van der Waals surface area contributed by atoms with Crippen molar-refractivity contribution in [3.05, 3.63) is 48.0 Å². The third kappa shape index (κ3) is 3.05. The highest BCUT2D eigenvalue weighted by Crippen LogP contribution is 2.18. The van der Waals surface area contributed by atoms with Crippen molar-refractivity contribution in [3.63, 3.8) is 0 Å². The molecule has 0 spiro atoms. The Morgan fingerprint density at radius 3 is 2.80 bits per heavy atom. The van der Waals surface area contributed by atoms with E-state index in [0.29, 0.717) is 18.7 Å². The predicted molar refractivity (Wildman–Crippen MR) is 76.9 cm³/mol. The molecule has 0 aliphatic rings. The third-order valence-corrected chi connectivity index (χ3v) is 2.83. The second-order valence-electron chi connectivity index (χ2n) is 4.69. The highest BCUT2D eigenvalue weighted by Gasteiger charge is 2.15. The Bertz CT molecular complexity index is 590. The topological polar surface area (TPSA) is 47.4 Å². The van der Waals surface area contributed by atoms with E-state index in [9.17, 15) is 4.79 Å². The van der Waals surface area contributed by atoms with Crippen LogP contribution in [-0.2, 0) is 11.3 Å². The van der Waals surface area contributed by atoms with Crippen LogP contribution >= 0.6 is 0 Å². The number of aromatic nitrogens is 2. The van der Waals surface area contributed by atoms with E-state index in [4.69, 9.17) is 4.74 Å². The number of carbonyl (C=O) groups excluding carboxylic acids is 1. The van der Waals surface area contributed by atoms with Gasteiger partial charge in [-0.15, -0.1) is 0 Å². The zero-order valence-electron chi connectivity index (χ0n) is 12.0. The summed E-state index contributed by atoms with van der Waals surface area (Å²) in [5.41, 5.74) is 1.34. The van der Waals surface area contributed by atoms with E-state index in [1.165, 1.54) is 0 Å². The third-order valence-electron chi connectivity index (χ3n) is 2.83. The first kappa shape index (κ1) is 14.3. The van der Waals surface area contributed by atoms with E-state index in [-0.39, 0.29) is 5.97 Å². The first-order chi connectivity index (χ1) is 9.63. The lowest BCUT2D eigenvalue weighted by molar-refractivity contribution is 0.0526. The Hall–Kier alpha value is -2.14. The first-order valence-electron chi connectivity index (χ1n) is 6.57. The van der Waals surface area contributed by atoms with Crippen molar-refractivity contribution in [2.45, 2.75) is 13.5 Å². The number of para-hydroxylation sites is 1. The number of ether oxygens (including phenoxy) is 1. The molecule has 2 rings (SSSR count). The molecule has 0 bridgehead atoms. The van der Waals surface area contributed by atoms with E-state index in [1.54, 1.807) is 19.2 Å². The molecule has 0 aliphatic heterocycles. The zero-order chi connectivity index (χ0) is 14.5. The van der Waals surface area contributed by atoms with Gasteiger partial charge in [0.25, 0.3) is 0 Å². The fourth-order valence-corrected chi connectivity index (χ4v) is 2.02. The Kier molecular flexibility index (Phi) is 4.53. The van der Waals surface area contributed by atoms with Gasteiger partial charge in [0.05, 0.1) is 24.4 Å². The van der Waals surface area contributed by atoms with Gasteiger partial charge < -0.3 is 14.2 Å². The Morgan fingerprint density at radius 1 is 1.35 bits per heavy atom. The van der Waals surface area contributed by atoms with Gasteiger partial charge in [0.2, 0.25) is 0 Å². The molecule has 0 unspecified atom stereocenters. The van der Waals surface area contributed by atoms with Crippen molar-refractivity contribution in [2.75, 3.05) is 20.7 Å². The van der Waals surface area contributed by atoms with Crippen LogP contribution in [0, 0.1) is 0 Å². The Morgan fingerprint density at radius 2 is 2.10 bits per heavy atom. The van der Waals surface area contributed by atoms with Crippen molar-refractivity contribution in [1.29, 1.82) is 0 Å². The minimum absolute atomic E-state index is 0.312. The normalized spacial score (nSPS) is 10.8. The van der Waals surface area contributed by atoms with Crippen LogP contribution in [0.15, 0.2) is 36.7 Å². The number of rotatable bonds is 5. The van der Waals surface area contributed by atoms with Crippen LogP contribution in [-0.4, -0.2) is 41.1 Å². The van der Waals surface area contributed by atoms with Crippen molar-refractivity contribution in [1.82, 2.24) is 14.5 Å². The van der Waals surface area contributed by atoms with Gasteiger partial charge in [0.15, 0.2) is 0 Å². The lowest BCUT2D eigenvalue weighted by atomic mass is 10.1. The number of imidazole rings is 1.